The van der Waals surface area contributed by atoms with Gasteiger partial charge in [-0.15, -0.1) is 22.7 Å². The summed E-state index contributed by atoms with van der Waals surface area (Å²) in [6, 6.07) is 0.0577. The van der Waals surface area contributed by atoms with E-state index in [9.17, 15) is 0 Å². The third-order valence-corrected chi connectivity index (χ3v) is 4.08. The van der Waals surface area contributed by atoms with Crippen molar-refractivity contribution < 1.29 is 0 Å². The van der Waals surface area contributed by atoms with E-state index in [-0.39, 0.29) is 6.04 Å². The number of hydrogen-bond donors (Lipinski definition) is 1. The lowest BCUT2D eigenvalue weighted by molar-refractivity contribution is 0.835. The van der Waals surface area contributed by atoms with Gasteiger partial charge in [0.05, 0.1) is 0 Å². The molecule has 1 unspecified atom stereocenters. The number of nitrogens with zero attached hydrogens (tertiary/aromatic N) is 2. The van der Waals surface area contributed by atoms with Crippen molar-refractivity contribution in [3.05, 3.63) is 22.1 Å². The molecule has 2 N–H and O–H groups in total. The maximum atomic E-state index is 5.76. The summed E-state index contributed by atoms with van der Waals surface area (Å²) in [5.41, 5.74) is 6.81. The number of thiazole rings is 2. The Hall–Kier alpha value is -0.780. The standard InChI is InChI=1S/C9H11N3S2/c1-5-4-13-9(12-5)8-11-3-7(14-8)6(2)10/h3-4,6H,10H2,1-2H3. The predicted octanol–water partition coefficient (Wildman–Crippen LogP) is 2.59. The Bertz CT molecular complexity index is 431. The zero-order valence-corrected chi connectivity index (χ0v) is 9.65. The molecule has 0 aromatic carbocycles. The van der Waals surface area contributed by atoms with Crippen molar-refractivity contribution in [2.45, 2.75) is 19.9 Å². The van der Waals surface area contributed by atoms with Crippen LogP contribution in [0.3, 0.4) is 0 Å². The maximum absolute atomic E-state index is 5.76. The fourth-order valence-electron chi connectivity index (χ4n) is 1.05. The van der Waals surface area contributed by atoms with Gasteiger partial charge in [-0.2, -0.15) is 0 Å². The second kappa shape index (κ2) is 3.76. The van der Waals surface area contributed by atoms with Gasteiger partial charge in [-0.05, 0) is 13.8 Å². The van der Waals surface area contributed by atoms with Crippen molar-refractivity contribution in [3.8, 4) is 10.0 Å². The quantitative estimate of drug-likeness (QED) is 0.854. The van der Waals surface area contributed by atoms with E-state index in [2.05, 4.69) is 9.97 Å². The molecule has 2 aromatic heterocycles. The van der Waals surface area contributed by atoms with E-state index in [1.807, 2.05) is 25.4 Å². The Morgan fingerprint density at radius 2 is 2.21 bits per heavy atom. The Kier molecular flexibility index (Phi) is 2.62. The van der Waals surface area contributed by atoms with Crippen LogP contribution in [0.5, 0.6) is 0 Å². The van der Waals surface area contributed by atoms with Gasteiger partial charge in [0.25, 0.3) is 0 Å². The fraction of sp³-hybridized carbons (Fsp3) is 0.333. The molecule has 5 heteroatoms. The molecule has 0 fully saturated rings. The lowest BCUT2D eigenvalue weighted by atomic mass is 10.3. The molecule has 3 nitrogen and oxygen atoms in total. The van der Waals surface area contributed by atoms with E-state index in [1.54, 1.807) is 22.7 Å². The van der Waals surface area contributed by atoms with Gasteiger partial charge in [0.2, 0.25) is 0 Å². The van der Waals surface area contributed by atoms with Crippen molar-refractivity contribution in [1.29, 1.82) is 0 Å². The molecular formula is C9H11N3S2. The summed E-state index contributed by atoms with van der Waals surface area (Å²) < 4.78 is 0. The van der Waals surface area contributed by atoms with Gasteiger partial charge >= 0.3 is 0 Å². The Labute approximate surface area is 90.6 Å². The van der Waals surface area contributed by atoms with Crippen molar-refractivity contribution in [2.24, 2.45) is 5.73 Å². The normalized spacial score (nSPS) is 13.1. The van der Waals surface area contributed by atoms with E-state index in [0.717, 1.165) is 20.6 Å². The molecule has 0 bridgehead atoms. The molecule has 0 radical (unpaired) electrons. The fourth-order valence-corrected chi connectivity index (χ4v) is 2.76. The predicted molar refractivity (Wildman–Crippen MR) is 60.6 cm³/mol. The van der Waals surface area contributed by atoms with Crippen LogP contribution in [0.4, 0.5) is 0 Å². The van der Waals surface area contributed by atoms with Gasteiger partial charge in [-0.1, -0.05) is 0 Å². The van der Waals surface area contributed by atoms with Crippen LogP contribution in [0.15, 0.2) is 11.6 Å². The first-order valence-corrected chi connectivity index (χ1v) is 6.00. The van der Waals surface area contributed by atoms with E-state index < -0.39 is 0 Å². The lowest BCUT2D eigenvalue weighted by Gasteiger charge is -1.96. The SMILES string of the molecule is Cc1csc(-c2ncc(C(C)N)s2)n1. The van der Waals surface area contributed by atoms with Crippen LogP contribution in [0.1, 0.15) is 23.5 Å². The smallest absolute Gasteiger partial charge is 0.152 e. The molecule has 0 spiro atoms. The molecule has 2 heterocycles. The average Bonchev–Trinajstić information content (AvgIpc) is 2.70. The number of aryl methyl sites for hydroxylation is 1. The molecule has 0 aliphatic rings. The molecule has 1 atom stereocenters. The maximum Gasteiger partial charge on any atom is 0.152 e. The van der Waals surface area contributed by atoms with Crippen LogP contribution in [0.2, 0.25) is 0 Å². The highest BCUT2D eigenvalue weighted by molar-refractivity contribution is 7.20. The third kappa shape index (κ3) is 1.84. The van der Waals surface area contributed by atoms with Crippen LogP contribution in [0, 0.1) is 6.92 Å². The van der Waals surface area contributed by atoms with E-state index in [0.29, 0.717) is 0 Å². The monoisotopic (exact) mass is 225 g/mol. The minimum Gasteiger partial charge on any atom is -0.323 e. The molecule has 0 saturated heterocycles. The third-order valence-electron chi connectivity index (χ3n) is 1.77. The first-order chi connectivity index (χ1) is 6.66. The largest absolute Gasteiger partial charge is 0.323 e. The topological polar surface area (TPSA) is 51.8 Å². The second-order valence-corrected chi connectivity index (χ2v) is 5.07. The zero-order valence-electron chi connectivity index (χ0n) is 8.02. The summed E-state index contributed by atoms with van der Waals surface area (Å²) in [7, 11) is 0. The van der Waals surface area contributed by atoms with Crippen LogP contribution in [-0.2, 0) is 0 Å². The summed E-state index contributed by atoms with van der Waals surface area (Å²) in [6.07, 6.45) is 1.83. The Balaban J connectivity index is 2.33. The zero-order chi connectivity index (χ0) is 10.1. The molecular weight excluding hydrogens is 214 g/mol. The Morgan fingerprint density at radius 3 is 2.71 bits per heavy atom. The van der Waals surface area contributed by atoms with Crippen molar-refractivity contribution in [2.75, 3.05) is 0 Å². The van der Waals surface area contributed by atoms with E-state index >= 15 is 0 Å². The number of rotatable bonds is 2. The van der Waals surface area contributed by atoms with Gasteiger partial charge in [0.1, 0.15) is 0 Å². The minimum atomic E-state index is 0.0577. The van der Waals surface area contributed by atoms with Gasteiger partial charge in [0, 0.05) is 28.2 Å². The minimum absolute atomic E-state index is 0.0577. The van der Waals surface area contributed by atoms with E-state index in [1.165, 1.54) is 0 Å². The van der Waals surface area contributed by atoms with Crippen LogP contribution in [-0.4, -0.2) is 9.97 Å². The molecule has 0 saturated carbocycles. The summed E-state index contributed by atoms with van der Waals surface area (Å²) >= 11 is 3.24. The second-order valence-electron chi connectivity index (χ2n) is 3.15. The number of aromatic nitrogens is 2. The number of hydrogen-bond acceptors (Lipinski definition) is 5. The Morgan fingerprint density at radius 1 is 1.43 bits per heavy atom. The highest BCUT2D eigenvalue weighted by Gasteiger charge is 2.09. The van der Waals surface area contributed by atoms with Crippen LogP contribution < -0.4 is 5.73 Å². The molecule has 2 aromatic rings. The molecule has 0 amide bonds. The molecule has 2 rings (SSSR count). The van der Waals surface area contributed by atoms with Crippen LogP contribution in [0.25, 0.3) is 10.0 Å². The highest BCUT2D eigenvalue weighted by Crippen LogP contribution is 2.29. The van der Waals surface area contributed by atoms with Crippen molar-refractivity contribution >= 4 is 22.7 Å². The van der Waals surface area contributed by atoms with Crippen molar-refractivity contribution in [3.63, 3.8) is 0 Å². The summed E-state index contributed by atoms with van der Waals surface area (Å²) in [4.78, 5) is 9.79. The molecule has 14 heavy (non-hydrogen) atoms. The first kappa shape index (κ1) is 9.76. The average molecular weight is 225 g/mol. The lowest BCUT2D eigenvalue weighted by Crippen LogP contribution is -2.01. The molecule has 0 aliphatic carbocycles. The summed E-state index contributed by atoms with van der Waals surface area (Å²) in [5.74, 6) is 0. The van der Waals surface area contributed by atoms with Gasteiger partial charge in [-0.25, -0.2) is 9.97 Å². The van der Waals surface area contributed by atoms with Gasteiger partial charge in [-0.3, -0.25) is 0 Å². The van der Waals surface area contributed by atoms with E-state index in [4.69, 9.17) is 5.73 Å². The summed E-state index contributed by atoms with van der Waals surface area (Å²) in [6.45, 7) is 3.95. The van der Waals surface area contributed by atoms with Crippen LogP contribution >= 0.6 is 22.7 Å². The molecule has 74 valence electrons. The highest BCUT2D eigenvalue weighted by atomic mass is 32.1. The van der Waals surface area contributed by atoms with Gasteiger partial charge in [0.15, 0.2) is 10.0 Å². The number of nitrogens with two attached hydrogens (primary N) is 1. The van der Waals surface area contributed by atoms with Gasteiger partial charge < -0.3 is 5.73 Å². The first-order valence-electron chi connectivity index (χ1n) is 4.30. The van der Waals surface area contributed by atoms with Crippen molar-refractivity contribution in [1.82, 2.24) is 9.97 Å². The summed E-state index contributed by atoms with van der Waals surface area (Å²) in [5, 5.41) is 3.98. The molecule has 0 aliphatic heterocycles.